The van der Waals surface area contributed by atoms with Crippen molar-refractivity contribution in [3.63, 3.8) is 0 Å². The second-order valence-corrected chi connectivity index (χ2v) is 6.39. The summed E-state index contributed by atoms with van der Waals surface area (Å²) < 4.78 is 0. The first-order valence-electron chi connectivity index (χ1n) is 8.59. The van der Waals surface area contributed by atoms with Crippen molar-refractivity contribution >= 4 is 23.2 Å². The van der Waals surface area contributed by atoms with Gasteiger partial charge in [-0.2, -0.15) is 5.10 Å². The Labute approximate surface area is 159 Å². The Balaban J connectivity index is 2.14. The van der Waals surface area contributed by atoms with E-state index in [-0.39, 0.29) is 11.7 Å². The molecule has 0 aliphatic heterocycles. The summed E-state index contributed by atoms with van der Waals surface area (Å²) in [5.74, 6) is -0.0644. The monoisotopic (exact) mass is 373 g/mol. The number of halogens is 1. The lowest BCUT2D eigenvalue weighted by molar-refractivity contribution is 0.0955. The van der Waals surface area contributed by atoms with Crippen LogP contribution in [0.3, 0.4) is 0 Å². The molecule has 5 nitrogen and oxygen atoms in total. The van der Waals surface area contributed by atoms with E-state index < -0.39 is 0 Å². The van der Waals surface area contributed by atoms with Crippen LogP contribution < -0.4 is 5.43 Å². The standard InChI is InChI=1S/C20H24ClN3O2/c1-4-24(5-2)13-17-11-15(9-10-19(17)25)14(3)22-23-20(26)16-7-6-8-18(21)12-16/h6-12,25H,4-5,13H2,1-3H3,(H,23,26)/b22-14+. The Morgan fingerprint density at radius 3 is 2.54 bits per heavy atom. The lowest BCUT2D eigenvalue weighted by atomic mass is 10.1. The molecule has 1 amide bonds. The zero-order valence-corrected chi connectivity index (χ0v) is 16.0. The smallest absolute Gasteiger partial charge is 0.271 e. The molecule has 0 unspecified atom stereocenters. The van der Waals surface area contributed by atoms with Gasteiger partial charge in [0, 0.05) is 22.7 Å². The van der Waals surface area contributed by atoms with Gasteiger partial charge in [0.25, 0.3) is 5.91 Å². The van der Waals surface area contributed by atoms with Gasteiger partial charge in [-0.3, -0.25) is 9.69 Å². The van der Waals surface area contributed by atoms with Crippen molar-refractivity contribution in [1.29, 1.82) is 0 Å². The average Bonchev–Trinajstić information content (AvgIpc) is 2.65. The molecule has 0 saturated heterocycles. The second-order valence-electron chi connectivity index (χ2n) is 5.95. The van der Waals surface area contributed by atoms with E-state index in [1.54, 1.807) is 36.4 Å². The first-order valence-corrected chi connectivity index (χ1v) is 8.97. The van der Waals surface area contributed by atoms with Gasteiger partial charge in [-0.1, -0.05) is 31.5 Å². The molecule has 2 N–H and O–H groups in total. The van der Waals surface area contributed by atoms with E-state index in [9.17, 15) is 9.90 Å². The van der Waals surface area contributed by atoms with Crippen molar-refractivity contribution in [1.82, 2.24) is 10.3 Å². The number of nitrogens with zero attached hydrogens (tertiary/aromatic N) is 2. The molecule has 0 aliphatic rings. The molecule has 0 radical (unpaired) electrons. The number of hydrogen-bond donors (Lipinski definition) is 2. The van der Waals surface area contributed by atoms with Crippen molar-refractivity contribution in [2.75, 3.05) is 13.1 Å². The molecule has 0 heterocycles. The topological polar surface area (TPSA) is 64.9 Å². The number of benzene rings is 2. The minimum atomic E-state index is -0.325. The summed E-state index contributed by atoms with van der Waals surface area (Å²) >= 11 is 5.90. The molecule has 0 spiro atoms. The Hall–Kier alpha value is -2.37. The summed E-state index contributed by atoms with van der Waals surface area (Å²) in [5, 5.41) is 14.8. The zero-order valence-electron chi connectivity index (χ0n) is 15.3. The highest BCUT2D eigenvalue weighted by atomic mass is 35.5. The zero-order chi connectivity index (χ0) is 19.1. The summed E-state index contributed by atoms with van der Waals surface area (Å²) in [4.78, 5) is 14.4. The lowest BCUT2D eigenvalue weighted by Crippen LogP contribution is -2.22. The van der Waals surface area contributed by atoms with Gasteiger partial charge in [0.05, 0.1) is 5.71 Å². The number of hydrazone groups is 1. The fraction of sp³-hybridized carbons (Fsp3) is 0.300. The predicted octanol–water partition coefficient (Wildman–Crippen LogP) is 4.04. The van der Waals surface area contributed by atoms with E-state index in [1.165, 1.54) is 0 Å². The molecular weight excluding hydrogens is 350 g/mol. The van der Waals surface area contributed by atoms with Crippen LogP contribution in [0.15, 0.2) is 47.6 Å². The minimum absolute atomic E-state index is 0.261. The summed E-state index contributed by atoms with van der Waals surface area (Å²) in [7, 11) is 0. The van der Waals surface area contributed by atoms with E-state index in [2.05, 4.69) is 29.3 Å². The van der Waals surface area contributed by atoms with E-state index in [0.717, 1.165) is 24.2 Å². The number of carbonyl (C=O) groups excluding carboxylic acids is 1. The SMILES string of the molecule is CCN(CC)Cc1cc(/C(C)=N/NC(=O)c2cccc(Cl)c2)ccc1O. The maximum absolute atomic E-state index is 12.2. The number of phenolic OH excluding ortho intramolecular Hbond substituents is 1. The second kappa shape index (κ2) is 9.36. The van der Waals surface area contributed by atoms with Crippen LogP contribution in [0.5, 0.6) is 5.75 Å². The number of phenols is 1. The van der Waals surface area contributed by atoms with E-state index in [0.29, 0.717) is 22.8 Å². The van der Waals surface area contributed by atoms with Crippen LogP contribution in [0.1, 0.15) is 42.3 Å². The number of nitrogens with one attached hydrogen (secondary N) is 1. The number of amides is 1. The summed E-state index contributed by atoms with van der Waals surface area (Å²) in [5.41, 5.74) is 5.32. The largest absolute Gasteiger partial charge is 0.508 e. The molecule has 26 heavy (non-hydrogen) atoms. The fourth-order valence-corrected chi connectivity index (χ4v) is 2.71. The molecule has 138 valence electrons. The minimum Gasteiger partial charge on any atom is -0.508 e. The van der Waals surface area contributed by atoms with Gasteiger partial charge in [-0.05, 0) is 62.0 Å². The molecule has 0 aliphatic carbocycles. The van der Waals surface area contributed by atoms with Crippen molar-refractivity contribution in [2.45, 2.75) is 27.3 Å². The maximum atomic E-state index is 12.2. The number of hydrogen-bond acceptors (Lipinski definition) is 4. The van der Waals surface area contributed by atoms with Crippen molar-refractivity contribution in [3.05, 3.63) is 64.2 Å². The van der Waals surface area contributed by atoms with E-state index in [1.807, 2.05) is 13.0 Å². The Kier molecular flexibility index (Phi) is 7.18. The van der Waals surface area contributed by atoms with Gasteiger partial charge >= 0.3 is 0 Å². The molecule has 0 aromatic heterocycles. The molecule has 6 heteroatoms. The van der Waals surface area contributed by atoms with Crippen molar-refractivity contribution < 1.29 is 9.90 Å². The normalized spacial score (nSPS) is 11.7. The quantitative estimate of drug-likeness (QED) is 0.568. The highest BCUT2D eigenvalue weighted by Crippen LogP contribution is 2.21. The molecule has 0 fully saturated rings. The number of rotatable bonds is 7. The predicted molar refractivity (Wildman–Crippen MR) is 106 cm³/mol. The van der Waals surface area contributed by atoms with Crippen molar-refractivity contribution in [3.8, 4) is 5.75 Å². The van der Waals surface area contributed by atoms with Crippen LogP contribution in [-0.4, -0.2) is 34.7 Å². The van der Waals surface area contributed by atoms with Crippen LogP contribution in [0.25, 0.3) is 0 Å². The summed E-state index contributed by atoms with van der Waals surface area (Å²) in [6, 6.07) is 12.0. The van der Waals surface area contributed by atoms with Crippen LogP contribution in [0.2, 0.25) is 5.02 Å². The van der Waals surface area contributed by atoms with Gasteiger partial charge in [-0.15, -0.1) is 0 Å². The third-order valence-corrected chi connectivity index (χ3v) is 4.43. The summed E-state index contributed by atoms with van der Waals surface area (Å²) in [6.45, 7) is 8.46. The Morgan fingerprint density at radius 2 is 1.88 bits per heavy atom. The molecule has 2 rings (SSSR count). The Morgan fingerprint density at radius 1 is 1.15 bits per heavy atom. The lowest BCUT2D eigenvalue weighted by Gasteiger charge is -2.19. The Bertz CT molecular complexity index is 801. The van der Waals surface area contributed by atoms with Crippen LogP contribution in [0, 0.1) is 0 Å². The maximum Gasteiger partial charge on any atom is 0.271 e. The molecule has 2 aromatic rings. The highest BCUT2D eigenvalue weighted by Gasteiger charge is 2.09. The fourth-order valence-electron chi connectivity index (χ4n) is 2.52. The highest BCUT2D eigenvalue weighted by molar-refractivity contribution is 6.30. The van der Waals surface area contributed by atoms with Gasteiger partial charge in [0.15, 0.2) is 0 Å². The van der Waals surface area contributed by atoms with E-state index in [4.69, 9.17) is 11.6 Å². The summed E-state index contributed by atoms with van der Waals surface area (Å²) in [6.07, 6.45) is 0. The molecule has 0 saturated carbocycles. The number of carbonyl (C=O) groups is 1. The van der Waals surface area contributed by atoms with Gasteiger partial charge in [0.2, 0.25) is 0 Å². The first kappa shape index (κ1) is 19.9. The van der Waals surface area contributed by atoms with Crippen LogP contribution >= 0.6 is 11.6 Å². The molecular formula is C20H24ClN3O2. The van der Waals surface area contributed by atoms with Gasteiger partial charge in [0.1, 0.15) is 5.75 Å². The average molecular weight is 374 g/mol. The van der Waals surface area contributed by atoms with Gasteiger partial charge in [-0.25, -0.2) is 5.43 Å². The molecule has 0 atom stereocenters. The first-order chi connectivity index (χ1) is 12.4. The van der Waals surface area contributed by atoms with Crippen LogP contribution in [-0.2, 0) is 6.54 Å². The van der Waals surface area contributed by atoms with E-state index >= 15 is 0 Å². The van der Waals surface area contributed by atoms with Gasteiger partial charge < -0.3 is 5.11 Å². The molecule has 0 bridgehead atoms. The third-order valence-electron chi connectivity index (χ3n) is 4.20. The number of aromatic hydroxyl groups is 1. The molecule has 2 aromatic carbocycles. The van der Waals surface area contributed by atoms with Crippen LogP contribution in [0.4, 0.5) is 0 Å². The van der Waals surface area contributed by atoms with Crippen molar-refractivity contribution in [2.24, 2.45) is 5.10 Å². The third kappa shape index (κ3) is 5.31.